The lowest BCUT2D eigenvalue weighted by Crippen LogP contribution is -2.06. The highest BCUT2D eigenvalue weighted by molar-refractivity contribution is 5.60. The summed E-state index contributed by atoms with van der Waals surface area (Å²) in [4.78, 5) is 11.1. The maximum atomic E-state index is 11.1. The molecule has 132 valence electrons. The Bertz CT molecular complexity index is 794. The molecule has 0 heterocycles. The molecule has 2 rings (SSSR count). The highest BCUT2D eigenvalue weighted by Gasteiger charge is 1.98. The first-order valence-electron chi connectivity index (χ1n) is 8.55. The Kier molecular flexibility index (Phi) is 8.31. The summed E-state index contributed by atoms with van der Waals surface area (Å²) in [5.41, 5.74) is 3.05. The highest BCUT2D eigenvalue weighted by Crippen LogP contribution is 2.10. The first kappa shape index (κ1) is 19.1. The molecule has 0 aliphatic carbocycles. The largest absolute Gasteiger partial charge is 0.508 e. The molecule has 2 aromatic carbocycles. The molecule has 0 bridgehead atoms. The Morgan fingerprint density at radius 1 is 0.962 bits per heavy atom. The first-order chi connectivity index (χ1) is 12.8. The van der Waals surface area contributed by atoms with Gasteiger partial charge in [0.1, 0.15) is 6.61 Å². The zero-order valence-corrected chi connectivity index (χ0v) is 14.9. The highest BCUT2D eigenvalue weighted by atomic mass is 16.7. The van der Waals surface area contributed by atoms with Crippen molar-refractivity contribution < 1.29 is 14.3 Å². The molecule has 3 heteroatoms. The molecule has 0 saturated heterocycles. The summed E-state index contributed by atoms with van der Waals surface area (Å²) in [7, 11) is 0. The van der Waals surface area contributed by atoms with E-state index in [1.807, 2.05) is 66.7 Å². The average Bonchev–Trinajstić information content (AvgIpc) is 2.67. The molecule has 0 fully saturated rings. The minimum absolute atomic E-state index is 0.184. The van der Waals surface area contributed by atoms with E-state index in [0.29, 0.717) is 13.0 Å². The molecule has 0 N–H and O–H groups in total. The van der Waals surface area contributed by atoms with E-state index in [1.165, 1.54) is 0 Å². The molecule has 0 aromatic heterocycles. The molecule has 26 heavy (non-hydrogen) atoms. The maximum Gasteiger partial charge on any atom is 0.508 e. The van der Waals surface area contributed by atoms with Crippen molar-refractivity contribution in [1.82, 2.24) is 0 Å². The molecule has 0 spiro atoms. The van der Waals surface area contributed by atoms with Crippen molar-refractivity contribution in [1.29, 1.82) is 0 Å². The number of hydrogen-bond donors (Lipinski definition) is 0. The van der Waals surface area contributed by atoms with Crippen LogP contribution in [0.15, 0.2) is 78.4 Å². The zero-order chi connectivity index (χ0) is 18.5. The van der Waals surface area contributed by atoms with Gasteiger partial charge in [0.25, 0.3) is 0 Å². The van der Waals surface area contributed by atoms with Crippen LogP contribution in [0.4, 0.5) is 4.79 Å². The molecule has 0 aliphatic rings. The number of benzene rings is 2. The second kappa shape index (κ2) is 11.3. The number of ether oxygens (including phenoxy) is 2. The SMILES string of the molecule is CCOC(=O)OC/C=C/C/C(C#Cc1ccccc1)=C/c1ccccc1. The van der Waals surface area contributed by atoms with Gasteiger partial charge in [-0.2, -0.15) is 0 Å². The van der Waals surface area contributed by atoms with Gasteiger partial charge in [-0.1, -0.05) is 72.5 Å². The molecule has 0 aliphatic heterocycles. The second-order valence-electron chi connectivity index (χ2n) is 5.37. The van der Waals surface area contributed by atoms with Crippen molar-refractivity contribution in [2.24, 2.45) is 0 Å². The lowest BCUT2D eigenvalue weighted by atomic mass is 10.1. The van der Waals surface area contributed by atoms with Gasteiger partial charge in [0.05, 0.1) is 6.61 Å². The van der Waals surface area contributed by atoms with E-state index in [2.05, 4.69) is 17.9 Å². The van der Waals surface area contributed by atoms with Crippen LogP contribution in [0, 0.1) is 11.8 Å². The van der Waals surface area contributed by atoms with E-state index in [-0.39, 0.29) is 6.61 Å². The number of hydrogen-bond acceptors (Lipinski definition) is 3. The van der Waals surface area contributed by atoms with E-state index in [1.54, 1.807) is 13.0 Å². The minimum Gasteiger partial charge on any atom is -0.435 e. The van der Waals surface area contributed by atoms with Crippen LogP contribution in [0.3, 0.4) is 0 Å². The lowest BCUT2D eigenvalue weighted by Gasteiger charge is -2.01. The standard InChI is InChI=1S/C23H22O3/c1-2-25-23(24)26-18-10-9-15-22(19-21-13-7-4-8-14-21)17-16-20-11-5-3-6-12-20/h3-14,19H,2,15,18H2,1H3/b10-9+,22-19-. The third-order valence-electron chi connectivity index (χ3n) is 3.35. The number of rotatable bonds is 6. The minimum atomic E-state index is -0.652. The fraction of sp³-hybridized carbons (Fsp3) is 0.174. The molecule has 0 radical (unpaired) electrons. The fourth-order valence-corrected chi connectivity index (χ4v) is 2.12. The van der Waals surface area contributed by atoms with Crippen molar-refractivity contribution in [3.63, 3.8) is 0 Å². The van der Waals surface area contributed by atoms with Crippen molar-refractivity contribution in [2.75, 3.05) is 13.2 Å². The summed E-state index contributed by atoms with van der Waals surface area (Å²) in [6, 6.07) is 19.9. The van der Waals surface area contributed by atoms with Gasteiger partial charge >= 0.3 is 6.16 Å². The number of carbonyl (C=O) groups is 1. The van der Waals surface area contributed by atoms with Gasteiger partial charge in [-0.25, -0.2) is 4.79 Å². The Balaban J connectivity index is 2.03. The van der Waals surface area contributed by atoms with Crippen molar-refractivity contribution >= 4 is 12.2 Å². The van der Waals surface area contributed by atoms with Crippen molar-refractivity contribution in [3.8, 4) is 11.8 Å². The van der Waals surface area contributed by atoms with E-state index >= 15 is 0 Å². The van der Waals surface area contributed by atoms with Crippen LogP contribution in [0.5, 0.6) is 0 Å². The third-order valence-corrected chi connectivity index (χ3v) is 3.35. The second-order valence-corrected chi connectivity index (χ2v) is 5.37. The molecule has 0 unspecified atom stereocenters. The number of carbonyl (C=O) groups excluding carboxylic acids is 1. The van der Waals surface area contributed by atoms with Gasteiger partial charge < -0.3 is 9.47 Å². The smallest absolute Gasteiger partial charge is 0.435 e. The Hall–Kier alpha value is -3.25. The molecular formula is C23H22O3. The summed E-state index contributed by atoms with van der Waals surface area (Å²) in [6.45, 7) is 2.23. The summed E-state index contributed by atoms with van der Waals surface area (Å²) in [5, 5.41) is 0. The summed E-state index contributed by atoms with van der Waals surface area (Å²) < 4.78 is 9.62. The van der Waals surface area contributed by atoms with Gasteiger partial charge in [-0.05, 0) is 37.1 Å². The predicted molar refractivity (Wildman–Crippen MR) is 104 cm³/mol. The zero-order valence-electron chi connectivity index (χ0n) is 14.9. The fourth-order valence-electron chi connectivity index (χ4n) is 2.12. The van der Waals surface area contributed by atoms with Crippen LogP contribution in [0.1, 0.15) is 24.5 Å². The monoisotopic (exact) mass is 346 g/mol. The van der Waals surface area contributed by atoms with Gasteiger partial charge in [0, 0.05) is 11.1 Å². The molecular weight excluding hydrogens is 324 g/mol. The van der Waals surface area contributed by atoms with Crippen LogP contribution in [0.2, 0.25) is 0 Å². The van der Waals surface area contributed by atoms with Crippen LogP contribution >= 0.6 is 0 Å². The van der Waals surface area contributed by atoms with E-state index in [4.69, 9.17) is 9.47 Å². The van der Waals surface area contributed by atoms with E-state index < -0.39 is 6.16 Å². The average molecular weight is 346 g/mol. The van der Waals surface area contributed by atoms with Crippen LogP contribution < -0.4 is 0 Å². The molecule has 2 aromatic rings. The van der Waals surface area contributed by atoms with Gasteiger partial charge in [-0.3, -0.25) is 0 Å². The Labute approximate surface area is 155 Å². The molecule has 3 nitrogen and oxygen atoms in total. The van der Waals surface area contributed by atoms with Crippen molar-refractivity contribution in [2.45, 2.75) is 13.3 Å². The van der Waals surface area contributed by atoms with Crippen LogP contribution in [-0.4, -0.2) is 19.4 Å². The molecule has 0 atom stereocenters. The topological polar surface area (TPSA) is 35.5 Å². The van der Waals surface area contributed by atoms with Gasteiger partial charge in [0.15, 0.2) is 0 Å². The van der Waals surface area contributed by atoms with Crippen LogP contribution in [-0.2, 0) is 9.47 Å². The summed E-state index contributed by atoms with van der Waals surface area (Å²) >= 11 is 0. The quantitative estimate of drug-likeness (QED) is 0.407. The van der Waals surface area contributed by atoms with Crippen LogP contribution in [0.25, 0.3) is 6.08 Å². The Morgan fingerprint density at radius 3 is 2.35 bits per heavy atom. The lowest BCUT2D eigenvalue weighted by molar-refractivity contribution is 0.0673. The number of allylic oxidation sites excluding steroid dienone is 2. The summed E-state index contributed by atoms with van der Waals surface area (Å²) in [6.07, 6.45) is 5.79. The summed E-state index contributed by atoms with van der Waals surface area (Å²) in [5.74, 6) is 6.42. The molecule has 0 amide bonds. The van der Waals surface area contributed by atoms with E-state index in [0.717, 1.165) is 16.7 Å². The maximum absolute atomic E-state index is 11.1. The molecule has 0 saturated carbocycles. The normalized spacial score (nSPS) is 10.9. The van der Waals surface area contributed by atoms with Gasteiger partial charge in [0.2, 0.25) is 0 Å². The first-order valence-corrected chi connectivity index (χ1v) is 8.55. The Morgan fingerprint density at radius 2 is 1.65 bits per heavy atom. The van der Waals surface area contributed by atoms with E-state index in [9.17, 15) is 4.79 Å². The van der Waals surface area contributed by atoms with Crippen molar-refractivity contribution in [3.05, 3.63) is 89.5 Å². The third kappa shape index (κ3) is 7.55. The van der Waals surface area contributed by atoms with Gasteiger partial charge in [-0.15, -0.1) is 0 Å². The predicted octanol–water partition coefficient (Wildman–Crippen LogP) is 5.24.